The summed E-state index contributed by atoms with van der Waals surface area (Å²) in [4.78, 5) is 4.53. The lowest BCUT2D eigenvalue weighted by molar-refractivity contribution is 0.318. The number of halogens is 2. The third-order valence-corrected chi connectivity index (χ3v) is 3.73. The summed E-state index contributed by atoms with van der Waals surface area (Å²) in [5, 5.41) is 16.1. The second-order valence-corrected chi connectivity index (χ2v) is 5.70. The molecule has 2 aromatic rings. The Kier molecular flexibility index (Phi) is 10.5. The maximum atomic E-state index is 13.7. The van der Waals surface area contributed by atoms with Crippen LogP contribution in [0.1, 0.15) is 25.0 Å². The Balaban J connectivity index is 0.00000364. The zero-order chi connectivity index (χ0) is 18.8. The summed E-state index contributed by atoms with van der Waals surface area (Å²) in [7, 11) is 0. The van der Waals surface area contributed by atoms with Crippen molar-refractivity contribution in [3.8, 4) is 11.5 Å². The maximum Gasteiger partial charge on any atom is 0.191 e. The summed E-state index contributed by atoms with van der Waals surface area (Å²) < 4.78 is 19.1. The molecule has 0 aliphatic heterocycles. The van der Waals surface area contributed by atoms with Gasteiger partial charge in [0.05, 0.1) is 13.2 Å². The molecular weight excluding hydrogens is 460 g/mol. The molecule has 148 valence electrons. The molecule has 0 fully saturated rings. The van der Waals surface area contributed by atoms with Crippen LogP contribution in [0.4, 0.5) is 4.39 Å². The van der Waals surface area contributed by atoms with Crippen molar-refractivity contribution in [1.82, 2.24) is 10.6 Å². The first-order valence-electron chi connectivity index (χ1n) is 8.84. The van der Waals surface area contributed by atoms with Crippen molar-refractivity contribution in [1.29, 1.82) is 0 Å². The number of phenols is 1. The number of aromatic hydroxyl groups is 1. The second kappa shape index (κ2) is 12.4. The van der Waals surface area contributed by atoms with E-state index in [1.54, 1.807) is 24.3 Å². The van der Waals surface area contributed by atoms with Crippen molar-refractivity contribution < 1.29 is 14.2 Å². The van der Waals surface area contributed by atoms with Crippen LogP contribution in [0.25, 0.3) is 0 Å². The van der Waals surface area contributed by atoms with Gasteiger partial charge in [-0.2, -0.15) is 0 Å². The van der Waals surface area contributed by atoms with Gasteiger partial charge in [-0.1, -0.05) is 24.3 Å². The van der Waals surface area contributed by atoms with E-state index in [2.05, 4.69) is 15.6 Å². The van der Waals surface area contributed by atoms with Crippen molar-refractivity contribution >= 4 is 29.9 Å². The van der Waals surface area contributed by atoms with Gasteiger partial charge in [-0.05, 0) is 49.6 Å². The topological polar surface area (TPSA) is 65.9 Å². The fourth-order valence-corrected chi connectivity index (χ4v) is 2.46. The maximum absolute atomic E-state index is 13.7. The number of phenolic OH excluding ortho intramolecular Hbond substituents is 1. The molecule has 7 heteroatoms. The number of guanidine groups is 1. The SMILES string of the molecule is CCNC(=NCc1ccc(O)c(OCC)c1)NCCc1ccccc1F.I. The Bertz CT molecular complexity index is 741. The van der Waals surface area contributed by atoms with Gasteiger partial charge in [-0.25, -0.2) is 9.38 Å². The van der Waals surface area contributed by atoms with Crippen LogP contribution in [0.2, 0.25) is 0 Å². The van der Waals surface area contributed by atoms with Gasteiger partial charge in [0.25, 0.3) is 0 Å². The molecule has 2 rings (SSSR count). The van der Waals surface area contributed by atoms with E-state index in [-0.39, 0.29) is 35.5 Å². The van der Waals surface area contributed by atoms with E-state index >= 15 is 0 Å². The predicted octanol–water partition coefficient (Wildman–Crippen LogP) is 3.85. The molecule has 27 heavy (non-hydrogen) atoms. The highest BCUT2D eigenvalue weighted by Crippen LogP contribution is 2.27. The largest absolute Gasteiger partial charge is 0.504 e. The Labute approximate surface area is 177 Å². The zero-order valence-corrected chi connectivity index (χ0v) is 18.0. The minimum absolute atomic E-state index is 0. The molecule has 0 atom stereocenters. The van der Waals surface area contributed by atoms with Crippen LogP contribution in [0, 0.1) is 5.82 Å². The lowest BCUT2D eigenvalue weighted by Crippen LogP contribution is -2.38. The van der Waals surface area contributed by atoms with Gasteiger partial charge in [0.2, 0.25) is 0 Å². The van der Waals surface area contributed by atoms with E-state index < -0.39 is 0 Å². The van der Waals surface area contributed by atoms with E-state index in [1.807, 2.05) is 26.0 Å². The number of benzene rings is 2. The average Bonchev–Trinajstić information content (AvgIpc) is 2.64. The Morgan fingerprint density at radius 1 is 1.15 bits per heavy atom. The molecule has 0 radical (unpaired) electrons. The van der Waals surface area contributed by atoms with Crippen molar-refractivity contribution in [2.24, 2.45) is 4.99 Å². The van der Waals surface area contributed by atoms with Gasteiger partial charge in [-0.15, -0.1) is 24.0 Å². The number of ether oxygens (including phenoxy) is 1. The molecule has 0 saturated heterocycles. The molecule has 0 aliphatic rings. The highest BCUT2D eigenvalue weighted by Gasteiger charge is 2.05. The van der Waals surface area contributed by atoms with E-state index in [0.29, 0.717) is 43.4 Å². The van der Waals surface area contributed by atoms with Crippen LogP contribution >= 0.6 is 24.0 Å². The third-order valence-electron chi connectivity index (χ3n) is 3.73. The zero-order valence-electron chi connectivity index (χ0n) is 15.7. The molecule has 0 unspecified atom stereocenters. The lowest BCUT2D eigenvalue weighted by Gasteiger charge is -2.12. The number of hydrogen-bond donors (Lipinski definition) is 3. The quantitative estimate of drug-likeness (QED) is 0.301. The highest BCUT2D eigenvalue weighted by molar-refractivity contribution is 14.0. The second-order valence-electron chi connectivity index (χ2n) is 5.70. The molecule has 0 spiro atoms. The molecule has 0 amide bonds. The van der Waals surface area contributed by atoms with Crippen molar-refractivity contribution in [2.75, 3.05) is 19.7 Å². The van der Waals surface area contributed by atoms with Gasteiger partial charge in [0.15, 0.2) is 17.5 Å². The summed E-state index contributed by atoms with van der Waals surface area (Å²) in [5.41, 5.74) is 1.60. The summed E-state index contributed by atoms with van der Waals surface area (Å²) in [6.07, 6.45) is 0.574. The monoisotopic (exact) mass is 487 g/mol. The lowest BCUT2D eigenvalue weighted by atomic mass is 10.1. The Morgan fingerprint density at radius 2 is 1.93 bits per heavy atom. The molecule has 5 nitrogen and oxygen atoms in total. The number of nitrogens with one attached hydrogen (secondary N) is 2. The first-order valence-corrected chi connectivity index (χ1v) is 8.84. The number of aliphatic imine (C=N–C) groups is 1. The third kappa shape index (κ3) is 7.62. The van der Waals surface area contributed by atoms with Crippen molar-refractivity contribution in [2.45, 2.75) is 26.8 Å². The summed E-state index contributed by atoms with van der Waals surface area (Å²) in [6.45, 7) is 6.09. The molecular formula is C20H27FIN3O2. The molecule has 0 aromatic heterocycles. The summed E-state index contributed by atoms with van der Waals surface area (Å²) in [5.74, 6) is 1.05. The normalized spacial score (nSPS) is 10.9. The number of rotatable bonds is 8. The number of hydrogen-bond acceptors (Lipinski definition) is 3. The van der Waals surface area contributed by atoms with Crippen LogP contribution in [0.15, 0.2) is 47.5 Å². The van der Waals surface area contributed by atoms with E-state index in [9.17, 15) is 9.50 Å². The molecule has 3 N–H and O–H groups in total. The van der Waals surface area contributed by atoms with Gasteiger partial charge in [-0.3, -0.25) is 0 Å². The fraction of sp³-hybridized carbons (Fsp3) is 0.350. The summed E-state index contributed by atoms with van der Waals surface area (Å²) in [6, 6.07) is 12.0. The van der Waals surface area contributed by atoms with E-state index in [0.717, 1.165) is 12.1 Å². The van der Waals surface area contributed by atoms with Crippen LogP contribution < -0.4 is 15.4 Å². The van der Waals surface area contributed by atoms with Gasteiger partial charge in [0.1, 0.15) is 5.82 Å². The molecule has 0 bridgehead atoms. The standard InChI is InChI=1S/C20H26FN3O2.HI/c1-3-22-20(23-12-11-16-7-5-6-8-17(16)21)24-14-15-9-10-18(25)19(13-15)26-4-2;/h5-10,13,25H,3-4,11-12,14H2,1-2H3,(H2,22,23,24);1H. The number of nitrogens with zero attached hydrogens (tertiary/aromatic N) is 1. The van der Waals surface area contributed by atoms with Gasteiger partial charge < -0.3 is 20.5 Å². The minimum Gasteiger partial charge on any atom is -0.504 e. The van der Waals surface area contributed by atoms with Crippen molar-refractivity contribution in [3.05, 3.63) is 59.4 Å². The molecule has 0 heterocycles. The Morgan fingerprint density at radius 3 is 2.63 bits per heavy atom. The summed E-state index contributed by atoms with van der Waals surface area (Å²) >= 11 is 0. The first kappa shape index (κ1) is 23.0. The van der Waals surface area contributed by atoms with Crippen LogP contribution in [-0.4, -0.2) is 30.8 Å². The molecule has 2 aromatic carbocycles. The smallest absolute Gasteiger partial charge is 0.191 e. The van der Waals surface area contributed by atoms with Gasteiger partial charge in [0, 0.05) is 13.1 Å². The predicted molar refractivity (Wildman–Crippen MR) is 118 cm³/mol. The van der Waals surface area contributed by atoms with Crippen LogP contribution in [0.3, 0.4) is 0 Å². The first-order chi connectivity index (χ1) is 12.6. The highest BCUT2D eigenvalue weighted by atomic mass is 127. The average molecular weight is 487 g/mol. The minimum atomic E-state index is -0.191. The fourth-order valence-electron chi connectivity index (χ4n) is 2.46. The van der Waals surface area contributed by atoms with Crippen molar-refractivity contribution in [3.63, 3.8) is 0 Å². The Hall–Kier alpha value is -2.03. The van der Waals surface area contributed by atoms with Crippen LogP contribution in [-0.2, 0) is 13.0 Å². The van der Waals surface area contributed by atoms with E-state index in [4.69, 9.17) is 4.74 Å². The van der Waals surface area contributed by atoms with Crippen LogP contribution in [0.5, 0.6) is 11.5 Å². The van der Waals surface area contributed by atoms with Gasteiger partial charge >= 0.3 is 0 Å². The molecule has 0 saturated carbocycles. The molecule has 0 aliphatic carbocycles. The van der Waals surface area contributed by atoms with E-state index in [1.165, 1.54) is 6.07 Å².